The van der Waals surface area contributed by atoms with Gasteiger partial charge in [-0.15, -0.1) is 0 Å². The van der Waals surface area contributed by atoms with Gasteiger partial charge in [-0.3, -0.25) is 9.59 Å². The van der Waals surface area contributed by atoms with Gasteiger partial charge in [0.1, 0.15) is 12.7 Å². The lowest BCUT2D eigenvalue weighted by molar-refractivity contribution is -0.152. The number of aliphatic hydroxyl groups excluding tert-OH is 2. The van der Waals surface area contributed by atoms with E-state index in [4.69, 9.17) is 14.9 Å². The number of carbonyl (C=O) groups excluding carboxylic acids is 1. The fourth-order valence-electron chi connectivity index (χ4n) is 4.92. The number of carboxylic acid groups (broad SMARTS) is 1. The molecule has 3 N–H and O–H groups in total. The predicted molar refractivity (Wildman–Crippen MR) is 161 cm³/mol. The van der Waals surface area contributed by atoms with Crippen LogP contribution < -0.4 is 0 Å². The van der Waals surface area contributed by atoms with Crippen molar-refractivity contribution < 1.29 is 29.6 Å². The molecular weight excluding hydrogens is 492 g/mol. The number of carboxylic acids is 1. The van der Waals surface area contributed by atoms with Crippen LogP contribution >= 0.6 is 0 Å². The number of esters is 1. The fourth-order valence-corrected chi connectivity index (χ4v) is 4.92. The highest BCUT2D eigenvalue weighted by molar-refractivity contribution is 5.72. The largest absolute Gasteiger partial charge is 0.481 e. The van der Waals surface area contributed by atoms with Crippen LogP contribution in [-0.2, 0) is 14.3 Å². The van der Waals surface area contributed by atoms with Gasteiger partial charge in [-0.2, -0.15) is 0 Å². The maximum atomic E-state index is 12.6. The van der Waals surface area contributed by atoms with Crippen molar-refractivity contribution in [1.29, 1.82) is 0 Å². The van der Waals surface area contributed by atoms with Gasteiger partial charge in [0.15, 0.2) is 0 Å². The highest BCUT2D eigenvalue weighted by atomic mass is 16.5. The summed E-state index contributed by atoms with van der Waals surface area (Å²) in [5.74, 6) is -1.06. The third-order valence-corrected chi connectivity index (χ3v) is 7.47. The van der Waals surface area contributed by atoms with E-state index in [2.05, 4.69) is 19.1 Å². The molecule has 6 heteroatoms. The normalized spacial score (nSPS) is 13.1. The van der Waals surface area contributed by atoms with Gasteiger partial charge in [-0.05, 0) is 44.9 Å². The molecule has 0 amide bonds. The SMILES string of the molecule is CCCCCCCC/C=C\CCCCCCC(CCCCCCCCCCCC(=O)O)C(=O)OCC(O)CO. The second-order valence-corrected chi connectivity index (χ2v) is 11.3. The second-order valence-electron chi connectivity index (χ2n) is 11.3. The maximum absolute atomic E-state index is 12.6. The van der Waals surface area contributed by atoms with Crippen LogP contribution in [0.1, 0.15) is 161 Å². The molecule has 0 bridgehead atoms. The number of carbonyl (C=O) groups is 2. The van der Waals surface area contributed by atoms with Gasteiger partial charge in [0.05, 0.1) is 12.5 Å². The number of hydrogen-bond acceptors (Lipinski definition) is 5. The number of hydrogen-bond donors (Lipinski definition) is 3. The zero-order valence-corrected chi connectivity index (χ0v) is 25.3. The quantitative estimate of drug-likeness (QED) is 0.0467. The number of allylic oxidation sites excluding steroid dienone is 2. The van der Waals surface area contributed by atoms with Gasteiger partial charge in [0.25, 0.3) is 0 Å². The molecule has 2 unspecified atom stereocenters. The molecule has 0 aliphatic heterocycles. The van der Waals surface area contributed by atoms with E-state index in [9.17, 15) is 14.7 Å². The number of rotatable bonds is 30. The summed E-state index contributed by atoms with van der Waals surface area (Å²) in [6.07, 6.45) is 30.2. The molecule has 0 saturated carbocycles. The van der Waals surface area contributed by atoms with Crippen molar-refractivity contribution >= 4 is 11.9 Å². The van der Waals surface area contributed by atoms with Crippen LogP contribution in [0.15, 0.2) is 12.2 Å². The second kappa shape index (κ2) is 29.6. The van der Waals surface area contributed by atoms with Crippen molar-refractivity contribution in [3.05, 3.63) is 12.2 Å². The summed E-state index contributed by atoms with van der Waals surface area (Å²) in [6, 6.07) is 0. The highest BCUT2D eigenvalue weighted by Gasteiger charge is 2.20. The maximum Gasteiger partial charge on any atom is 0.309 e. The average Bonchev–Trinajstić information content (AvgIpc) is 2.93. The molecular formula is C33H62O6. The summed E-state index contributed by atoms with van der Waals surface area (Å²) < 4.78 is 5.29. The van der Waals surface area contributed by atoms with Crippen molar-refractivity contribution in [2.45, 2.75) is 167 Å². The van der Waals surface area contributed by atoms with E-state index in [1.165, 1.54) is 70.6 Å². The van der Waals surface area contributed by atoms with Crippen molar-refractivity contribution in [2.24, 2.45) is 5.92 Å². The van der Waals surface area contributed by atoms with Gasteiger partial charge < -0.3 is 20.1 Å². The Morgan fingerprint density at radius 3 is 1.56 bits per heavy atom. The van der Waals surface area contributed by atoms with E-state index in [1.54, 1.807) is 0 Å². The van der Waals surface area contributed by atoms with Crippen LogP contribution in [0.2, 0.25) is 0 Å². The van der Waals surface area contributed by atoms with Crippen LogP contribution in [0.5, 0.6) is 0 Å². The summed E-state index contributed by atoms with van der Waals surface area (Å²) in [7, 11) is 0. The molecule has 0 aromatic carbocycles. The van der Waals surface area contributed by atoms with Crippen LogP contribution in [0.25, 0.3) is 0 Å². The minimum absolute atomic E-state index is 0.123. The summed E-state index contributed by atoms with van der Waals surface area (Å²) in [6.45, 7) is 1.72. The zero-order chi connectivity index (χ0) is 28.8. The van der Waals surface area contributed by atoms with E-state index in [0.717, 1.165) is 77.0 Å². The average molecular weight is 555 g/mol. The Bertz CT molecular complexity index is 577. The Hall–Kier alpha value is -1.40. The van der Waals surface area contributed by atoms with E-state index in [-0.39, 0.29) is 24.9 Å². The lowest BCUT2D eigenvalue weighted by Gasteiger charge is -2.17. The summed E-state index contributed by atoms with van der Waals surface area (Å²) in [5, 5.41) is 27.2. The van der Waals surface area contributed by atoms with E-state index in [1.807, 2.05) is 0 Å². The minimum atomic E-state index is -1.01. The molecule has 6 nitrogen and oxygen atoms in total. The molecule has 0 aromatic rings. The smallest absolute Gasteiger partial charge is 0.309 e. The number of unbranched alkanes of at least 4 members (excludes halogenated alkanes) is 18. The van der Waals surface area contributed by atoms with Crippen molar-refractivity contribution in [1.82, 2.24) is 0 Å². The molecule has 39 heavy (non-hydrogen) atoms. The highest BCUT2D eigenvalue weighted by Crippen LogP contribution is 2.21. The molecule has 0 fully saturated rings. The lowest BCUT2D eigenvalue weighted by atomic mass is 9.94. The number of aliphatic hydroxyl groups is 2. The topological polar surface area (TPSA) is 104 Å². The first-order valence-electron chi connectivity index (χ1n) is 16.3. The third kappa shape index (κ3) is 27.9. The number of aliphatic carboxylic acids is 1. The first kappa shape index (κ1) is 37.6. The monoisotopic (exact) mass is 554 g/mol. The van der Waals surface area contributed by atoms with Gasteiger partial charge in [0.2, 0.25) is 0 Å². The fraction of sp³-hybridized carbons (Fsp3) is 0.879. The molecule has 0 heterocycles. The van der Waals surface area contributed by atoms with Gasteiger partial charge in [0, 0.05) is 6.42 Å². The van der Waals surface area contributed by atoms with Gasteiger partial charge in [-0.1, -0.05) is 122 Å². The molecule has 230 valence electrons. The Morgan fingerprint density at radius 2 is 1.10 bits per heavy atom. The first-order valence-corrected chi connectivity index (χ1v) is 16.3. The molecule has 0 spiro atoms. The van der Waals surface area contributed by atoms with Gasteiger partial charge in [-0.25, -0.2) is 0 Å². The Balaban J connectivity index is 3.98. The van der Waals surface area contributed by atoms with Crippen LogP contribution in [-0.4, -0.2) is 46.6 Å². The van der Waals surface area contributed by atoms with E-state index in [0.29, 0.717) is 0 Å². The summed E-state index contributed by atoms with van der Waals surface area (Å²) in [5.41, 5.74) is 0. The zero-order valence-electron chi connectivity index (χ0n) is 25.3. The molecule has 2 atom stereocenters. The Morgan fingerprint density at radius 1 is 0.667 bits per heavy atom. The molecule has 0 aliphatic rings. The number of ether oxygens (including phenoxy) is 1. The third-order valence-electron chi connectivity index (χ3n) is 7.47. The molecule has 0 rings (SSSR count). The molecule has 0 aromatic heterocycles. The molecule has 0 saturated heterocycles. The van der Waals surface area contributed by atoms with Crippen LogP contribution in [0.4, 0.5) is 0 Å². The van der Waals surface area contributed by atoms with Crippen LogP contribution in [0, 0.1) is 5.92 Å². The molecule has 0 radical (unpaired) electrons. The first-order chi connectivity index (χ1) is 19.0. The van der Waals surface area contributed by atoms with E-state index < -0.39 is 18.7 Å². The van der Waals surface area contributed by atoms with Crippen molar-refractivity contribution in [3.63, 3.8) is 0 Å². The standard InChI is InChI=1S/C33H62O6/c1-2-3-4-5-6-7-8-9-10-11-13-16-19-22-25-30(33(38)39-29-31(35)28-34)26-23-20-17-14-12-15-18-21-24-27-32(36)37/h9-10,30-31,34-35H,2-8,11-29H2,1H3,(H,36,37)/b10-9-. The Labute approximate surface area is 240 Å². The summed E-state index contributed by atoms with van der Waals surface area (Å²) >= 11 is 0. The van der Waals surface area contributed by atoms with E-state index >= 15 is 0 Å². The molecule has 0 aliphatic carbocycles. The van der Waals surface area contributed by atoms with Crippen molar-refractivity contribution in [3.8, 4) is 0 Å². The van der Waals surface area contributed by atoms with Gasteiger partial charge >= 0.3 is 11.9 Å². The lowest BCUT2D eigenvalue weighted by Crippen LogP contribution is -2.25. The predicted octanol–water partition coefficient (Wildman–Crippen LogP) is 8.52. The minimum Gasteiger partial charge on any atom is -0.481 e. The van der Waals surface area contributed by atoms with Crippen molar-refractivity contribution in [2.75, 3.05) is 13.2 Å². The Kier molecular flexibility index (Phi) is 28.5. The van der Waals surface area contributed by atoms with Crippen LogP contribution in [0.3, 0.4) is 0 Å². The summed E-state index contributed by atoms with van der Waals surface area (Å²) in [4.78, 5) is 23.1.